The van der Waals surface area contributed by atoms with Crippen molar-refractivity contribution in [2.24, 2.45) is 0 Å². The summed E-state index contributed by atoms with van der Waals surface area (Å²) in [6.07, 6.45) is 1.76. The van der Waals surface area contributed by atoms with E-state index in [0.29, 0.717) is 73.3 Å². The first-order chi connectivity index (χ1) is 18.5. The Kier molecular flexibility index (Phi) is 6.98. The van der Waals surface area contributed by atoms with E-state index in [0.717, 1.165) is 0 Å². The molecule has 3 aromatic rings. The van der Waals surface area contributed by atoms with Gasteiger partial charge in [0.1, 0.15) is 5.75 Å². The number of carbonyl (C=O) groups excluding carboxylic acids is 1. The molecule has 1 unspecified atom stereocenters. The maximum Gasteiger partial charge on any atom is 0.231 e. The molecule has 0 radical (unpaired) electrons. The van der Waals surface area contributed by atoms with Crippen LogP contribution in [0.4, 0.5) is 0 Å². The van der Waals surface area contributed by atoms with Crippen LogP contribution in [0.3, 0.4) is 0 Å². The van der Waals surface area contributed by atoms with Crippen LogP contribution in [0.15, 0.2) is 42.0 Å². The summed E-state index contributed by atoms with van der Waals surface area (Å²) in [7, 11) is 4.44. The molecule has 1 heterocycles. The summed E-state index contributed by atoms with van der Waals surface area (Å²) in [5, 5.41) is 30.3. The Balaban J connectivity index is 1.83. The minimum atomic E-state index is -0.659. The summed E-state index contributed by atoms with van der Waals surface area (Å²) < 4.78 is 28.0. The van der Waals surface area contributed by atoms with Crippen molar-refractivity contribution in [1.29, 1.82) is 0 Å². The molecule has 3 N–H and O–H groups in total. The first kappa shape index (κ1) is 25.6. The fourth-order valence-corrected chi connectivity index (χ4v) is 5.31. The molecule has 1 aliphatic carbocycles. The zero-order valence-corrected chi connectivity index (χ0v) is 21.2. The number of benzene rings is 3. The molecule has 0 fully saturated rings. The molecule has 9 heteroatoms. The number of ketones is 1. The SMILES string of the molecule is COc1cc(C2/C(=C/c3cccc4c3OCO4)C(=O)c3cc(CO)c(CO)c(OC)c32)cc(CO)c1OC. The molecule has 9 nitrogen and oxygen atoms in total. The first-order valence-electron chi connectivity index (χ1n) is 12.0. The second-order valence-electron chi connectivity index (χ2n) is 8.84. The molecule has 0 saturated carbocycles. The number of aliphatic hydroxyl groups excluding tert-OH is 3. The summed E-state index contributed by atoms with van der Waals surface area (Å²) >= 11 is 0. The van der Waals surface area contributed by atoms with Crippen molar-refractivity contribution in [3.8, 4) is 28.7 Å². The molecule has 0 aromatic heterocycles. The summed E-state index contributed by atoms with van der Waals surface area (Å²) in [5.74, 6) is 1.28. The predicted octanol–water partition coefficient (Wildman–Crippen LogP) is 3.33. The van der Waals surface area contributed by atoms with Crippen molar-refractivity contribution in [2.75, 3.05) is 28.1 Å². The van der Waals surface area contributed by atoms with Gasteiger partial charge >= 0.3 is 0 Å². The number of hydrogen-bond donors (Lipinski definition) is 3. The van der Waals surface area contributed by atoms with Gasteiger partial charge in [0.25, 0.3) is 0 Å². The van der Waals surface area contributed by atoms with Gasteiger partial charge in [-0.2, -0.15) is 0 Å². The van der Waals surface area contributed by atoms with Gasteiger partial charge in [-0.25, -0.2) is 0 Å². The molecule has 0 saturated heterocycles. The largest absolute Gasteiger partial charge is 0.496 e. The van der Waals surface area contributed by atoms with Gasteiger partial charge < -0.3 is 39.0 Å². The zero-order chi connectivity index (χ0) is 27.0. The van der Waals surface area contributed by atoms with Gasteiger partial charge in [-0.05, 0) is 41.5 Å². The van der Waals surface area contributed by atoms with Gasteiger partial charge in [0, 0.05) is 39.3 Å². The highest BCUT2D eigenvalue weighted by Gasteiger charge is 2.41. The fraction of sp³-hybridized carbons (Fsp3) is 0.276. The fourth-order valence-electron chi connectivity index (χ4n) is 5.31. The average molecular weight is 521 g/mol. The van der Waals surface area contributed by atoms with E-state index in [-0.39, 0.29) is 25.8 Å². The van der Waals surface area contributed by atoms with Gasteiger partial charge in [0.2, 0.25) is 6.79 Å². The molecule has 3 aromatic carbocycles. The van der Waals surface area contributed by atoms with Crippen LogP contribution in [-0.4, -0.2) is 49.2 Å². The van der Waals surface area contributed by atoms with Crippen molar-refractivity contribution in [3.63, 3.8) is 0 Å². The lowest BCUT2D eigenvalue weighted by Crippen LogP contribution is -2.08. The van der Waals surface area contributed by atoms with E-state index in [9.17, 15) is 20.1 Å². The van der Waals surface area contributed by atoms with Gasteiger partial charge in [0.15, 0.2) is 28.8 Å². The number of carbonyl (C=O) groups is 1. The quantitative estimate of drug-likeness (QED) is 0.384. The maximum absolute atomic E-state index is 14.0. The number of fused-ring (bicyclic) bond motifs is 2. The number of rotatable bonds is 8. The van der Waals surface area contributed by atoms with Crippen molar-refractivity contribution >= 4 is 11.9 Å². The number of aliphatic hydroxyl groups is 3. The van der Waals surface area contributed by atoms with Gasteiger partial charge in [-0.15, -0.1) is 0 Å². The summed E-state index contributed by atoms with van der Waals surface area (Å²) in [6.45, 7) is -1.01. The summed E-state index contributed by atoms with van der Waals surface area (Å²) in [4.78, 5) is 14.0. The smallest absolute Gasteiger partial charge is 0.231 e. The minimum Gasteiger partial charge on any atom is -0.496 e. The third-order valence-corrected chi connectivity index (χ3v) is 6.97. The standard InChI is InChI=1S/C29H28O9/c1-34-23-10-16(7-18(12-31)27(23)35-2)24-19(8-15-5-4-6-22-28(15)38-14-37-22)26(33)20-9-17(11-30)21(13-32)29(36-3)25(20)24/h4-10,24,30-32H,11-14H2,1-3H3/b19-8-. The Morgan fingerprint density at radius 2 is 1.68 bits per heavy atom. The lowest BCUT2D eigenvalue weighted by molar-refractivity contribution is 0.103. The maximum atomic E-state index is 14.0. The molecule has 1 aliphatic heterocycles. The van der Waals surface area contributed by atoms with Crippen LogP contribution in [0.1, 0.15) is 49.7 Å². The number of hydrogen-bond acceptors (Lipinski definition) is 9. The van der Waals surface area contributed by atoms with Crippen molar-refractivity contribution in [3.05, 3.63) is 80.9 Å². The Morgan fingerprint density at radius 3 is 2.34 bits per heavy atom. The number of ether oxygens (including phenoxy) is 5. The van der Waals surface area contributed by atoms with Gasteiger partial charge in [-0.3, -0.25) is 4.79 Å². The Labute approximate surface area is 219 Å². The lowest BCUT2D eigenvalue weighted by atomic mass is 9.85. The molecule has 0 amide bonds. The number of para-hydroxylation sites is 1. The Bertz CT molecular complexity index is 1420. The molecule has 38 heavy (non-hydrogen) atoms. The highest BCUT2D eigenvalue weighted by atomic mass is 16.7. The summed E-state index contributed by atoms with van der Waals surface area (Å²) in [6, 6.07) is 10.6. The van der Waals surface area contributed by atoms with E-state index in [1.54, 1.807) is 30.3 Å². The van der Waals surface area contributed by atoms with Crippen LogP contribution in [0, 0.1) is 0 Å². The first-order valence-corrected chi connectivity index (χ1v) is 12.0. The number of Topliss-reactive ketones (excluding diaryl/α,β-unsaturated/α-hetero) is 1. The number of allylic oxidation sites excluding steroid dienone is 1. The second-order valence-corrected chi connectivity index (χ2v) is 8.84. The molecule has 5 rings (SSSR count). The number of methoxy groups -OCH3 is 3. The Hall–Kier alpha value is -4.05. The van der Waals surface area contributed by atoms with Crippen molar-refractivity contribution in [2.45, 2.75) is 25.7 Å². The molecule has 0 bridgehead atoms. The monoisotopic (exact) mass is 520 g/mol. The van der Waals surface area contributed by atoms with E-state index >= 15 is 0 Å². The van der Waals surface area contributed by atoms with Crippen molar-refractivity contribution in [1.82, 2.24) is 0 Å². The third kappa shape index (κ3) is 3.96. The molecular weight excluding hydrogens is 492 g/mol. The van der Waals surface area contributed by atoms with Crippen LogP contribution >= 0.6 is 0 Å². The van der Waals surface area contributed by atoms with Gasteiger partial charge in [0.05, 0.1) is 41.2 Å². The van der Waals surface area contributed by atoms with E-state index in [1.807, 2.05) is 12.1 Å². The van der Waals surface area contributed by atoms with Crippen molar-refractivity contribution < 1.29 is 43.8 Å². The summed E-state index contributed by atoms with van der Waals surface area (Å²) in [5.41, 5.74) is 3.90. The molecule has 2 aliphatic rings. The van der Waals surface area contributed by atoms with Crippen LogP contribution in [0.2, 0.25) is 0 Å². The topological polar surface area (TPSA) is 124 Å². The van der Waals surface area contributed by atoms with E-state index in [1.165, 1.54) is 21.3 Å². The van der Waals surface area contributed by atoms with E-state index in [2.05, 4.69) is 0 Å². The van der Waals surface area contributed by atoms with E-state index < -0.39 is 12.5 Å². The third-order valence-electron chi connectivity index (χ3n) is 6.97. The highest BCUT2D eigenvalue weighted by Crippen LogP contribution is 2.51. The van der Waals surface area contributed by atoms with Crippen LogP contribution in [0.5, 0.6) is 28.7 Å². The normalized spacial score (nSPS) is 16.6. The average Bonchev–Trinajstić information content (AvgIpc) is 3.54. The Morgan fingerprint density at radius 1 is 0.921 bits per heavy atom. The van der Waals surface area contributed by atoms with Crippen LogP contribution in [0.25, 0.3) is 6.08 Å². The molecule has 0 spiro atoms. The zero-order valence-electron chi connectivity index (χ0n) is 21.2. The highest BCUT2D eigenvalue weighted by molar-refractivity contribution is 6.18. The predicted molar refractivity (Wildman–Crippen MR) is 137 cm³/mol. The van der Waals surface area contributed by atoms with Crippen LogP contribution in [-0.2, 0) is 19.8 Å². The van der Waals surface area contributed by atoms with Gasteiger partial charge in [-0.1, -0.05) is 12.1 Å². The van der Waals surface area contributed by atoms with E-state index in [4.69, 9.17) is 23.7 Å². The van der Waals surface area contributed by atoms with Crippen LogP contribution < -0.4 is 23.7 Å². The lowest BCUT2D eigenvalue weighted by Gasteiger charge is -2.22. The minimum absolute atomic E-state index is 0.0796. The molecule has 1 atom stereocenters. The molecule has 198 valence electrons. The molecular formula is C29H28O9. The second kappa shape index (κ2) is 10.4.